The molecule has 2 aliphatic heterocycles. The number of aromatic nitrogens is 1. The van der Waals surface area contributed by atoms with Gasteiger partial charge < -0.3 is 15.5 Å². The molecule has 0 amide bonds. The SMILES string of the molecule is CC(C)c1nc2c(s1)Nc1ccccc1N=C2N1CCN[C@@H](CCc2ccc(F)cc2)C1.[HH]. The summed E-state index contributed by atoms with van der Waals surface area (Å²) in [6.07, 6.45) is 1.91. The topological polar surface area (TPSA) is 52.6 Å². The van der Waals surface area contributed by atoms with Crippen molar-refractivity contribution in [1.29, 1.82) is 0 Å². The number of thiazole rings is 1. The maximum Gasteiger partial charge on any atom is 0.158 e. The van der Waals surface area contributed by atoms with Crippen LogP contribution in [0.15, 0.2) is 53.5 Å². The van der Waals surface area contributed by atoms with Crippen LogP contribution in [0.25, 0.3) is 0 Å². The molecule has 3 aromatic rings. The molecule has 0 unspecified atom stereocenters. The van der Waals surface area contributed by atoms with E-state index in [1.807, 2.05) is 24.3 Å². The second kappa shape index (κ2) is 9.00. The quantitative estimate of drug-likeness (QED) is 0.535. The molecule has 7 heteroatoms. The van der Waals surface area contributed by atoms with Crippen molar-refractivity contribution < 1.29 is 5.82 Å². The summed E-state index contributed by atoms with van der Waals surface area (Å²) >= 11 is 1.72. The Kier molecular flexibility index (Phi) is 5.93. The first kappa shape index (κ1) is 21.1. The van der Waals surface area contributed by atoms with Gasteiger partial charge in [-0.25, -0.2) is 14.4 Å². The van der Waals surface area contributed by atoms with Crippen LogP contribution in [0.5, 0.6) is 0 Å². The van der Waals surface area contributed by atoms with Gasteiger partial charge in [-0.15, -0.1) is 11.3 Å². The molecule has 5 rings (SSSR count). The lowest BCUT2D eigenvalue weighted by atomic mass is 10.0. The van der Waals surface area contributed by atoms with E-state index < -0.39 is 0 Å². The molecule has 1 fully saturated rings. The van der Waals surface area contributed by atoms with Crippen LogP contribution in [0.4, 0.5) is 20.8 Å². The Morgan fingerprint density at radius 1 is 1.19 bits per heavy atom. The number of piperazine rings is 1. The van der Waals surface area contributed by atoms with E-state index in [1.165, 1.54) is 17.7 Å². The first-order chi connectivity index (χ1) is 15.6. The van der Waals surface area contributed by atoms with Gasteiger partial charge in [0.2, 0.25) is 0 Å². The third-order valence-corrected chi connectivity index (χ3v) is 7.25. The van der Waals surface area contributed by atoms with Crippen molar-refractivity contribution in [2.45, 2.75) is 38.6 Å². The van der Waals surface area contributed by atoms with Crippen LogP contribution in [0, 0.1) is 5.82 Å². The Bertz CT molecular complexity index is 1130. The first-order valence-corrected chi connectivity index (χ1v) is 12.1. The van der Waals surface area contributed by atoms with Gasteiger partial charge >= 0.3 is 0 Å². The number of rotatable bonds is 4. The normalized spacial score (nSPS) is 17.9. The van der Waals surface area contributed by atoms with Gasteiger partial charge in [0.05, 0.1) is 16.4 Å². The van der Waals surface area contributed by atoms with Crippen LogP contribution in [0.1, 0.15) is 43.9 Å². The fourth-order valence-corrected chi connectivity index (χ4v) is 5.19. The molecule has 0 bridgehead atoms. The number of benzene rings is 2. The monoisotopic (exact) mass is 451 g/mol. The average molecular weight is 452 g/mol. The molecule has 3 heterocycles. The van der Waals surface area contributed by atoms with E-state index in [4.69, 9.17) is 9.98 Å². The highest BCUT2D eigenvalue weighted by Gasteiger charge is 2.29. The zero-order valence-electron chi connectivity index (χ0n) is 18.4. The Balaban J connectivity index is 0.00000259. The molecule has 0 spiro atoms. The van der Waals surface area contributed by atoms with Crippen LogP contribution in [-0.4, -0.2) is 41.4 Å². The molecule has 0 saturated carbocycles. The predicted octanol–water partition coefficient (Wildman–Crippen LogP) is 5.69. The molecular formula is C25H30FN5S. The molecule has 32 heavy (non-hydrogen) atoms. The van der Waals surface area contributed by atoms with E-state index in [-0.39, 0.29) is 7.24 Å². The summed E-state index contributed by atoms with van der Waals surface area (Å²) in [7, 11) is 0. The number of halogens is 1. The highest BCUT2D eigenvalue weighted by atomic mass is 32.1. The number of amidine groups is 1. The third-order valence-electron chi connectivity index (χ3n) is 5.98. The van der Waals surface area contributed by atoms with Crippen LogP contribution in [0.3, 0.4) is 0 Å². The smallest absolute Gasteiger partial charge is 0.158 e. The van der Waals surface area contributed by atoms with Crippen molar-refractivity contribution in [3.05, 3.63) is 70.6 Å². The molecule has 0 radical (unpaired) electrons. The molecule has 1 atom stereocenters. The van der Waals surface area contributed by atoms with E-state index >= 15 is 0 Å². The number of hydrogen-bond acceptors (Lipinski definition) is 6. The van der Waals surface area contributed by atoms with Crippen molar-refractivity contribution in [2.75, 3.05) is 25.0 Å². The van der Waals surface area contributed by atoms with Crippen LogP contribution in [-0.2, 0) is 6.42 Å². The van der Waals surface area contributed by atoms with Gasteiger partial charge in [-0.3, -0.25) is 0 Å². The molecule has 2 aliphatic rings. The molecule has 0 aliphatic carbocycles. The maximum absolute atomic E-state index is 13.2. The Morgan fingerprint density at radius 2 is 2.00 bits per heavy atom. The van der Waals surface area contributed by atoms with E-state index in [0.717, 1.165) is 65.4 Å². The number of hydrogen-bond donors (Lipinski definition) is 2. The summed E-state index contributed by atoms with van der Waals surface area (Å²) in [5, 5.41) is 9.42. The number of aliphatic imine (C=N–C) groups is 1. The van der Waals surface area contributed by atoms with Crippen molar-refractivity contribution in [2.24, 2.45) is 4.99 Å². The summed E-state index contributed by atoms with van der Waals surface area (Å²) in [4.78, 5) is 12.5. The first-order valence-electron chi connectivity index (χ1n) is 11.3. The summed E-state index contributed by atoms with van der Waals surface area (Å²) in [5.41, 5.74) is 4.08. The summed E-state index contributed by atoms with van der Waals surface area (Å²) in [5.74, 6) is 1.14. The van der Waals surface area contributed by atoms with E-state index in [0.29, 0.717) is 12.0 Å². The standard InChI is InChI=1S/C25H28FN5S.H2/c1-16(2)24-30-22-23(28-20-5-3-4-6-21(20)29-25(22)32-24)31-14-13-27-19(15-31)12-9-17-7-10-18(26)11-8-17;/h3-8,10-11,16,19,27,29H,9,12-15H2,1-2H3;1H/t19-;/m0./s1. The number of aryl methyl sites for hydroxylation is 1. The van der Waals surface area contributed by atoms with Crippen LogP contribution in [0.2, 0.25) is 0 Å². The minimum absolute atomic E-state index is 0. The van der Waals surface area contributed by atoms with Gasteiger partial charge in [0, 0.05) is 33.0 Å². The minimum Gasteiger partial charge on any atom is -0.352 e. The second-order valence-corrected chi connectivity index (χ2v) is 9.75. The minimum atomic E-state index is -0.184. The van der Waals surface area contributed by atoms with E-state index in [2.05, 4.69) is 41.5 Å². The number of nitrogens with one attached hydrogen (secondary N) is 2. The number of nitrogens with zero attached hydrogens (tertiary/aromatic N) is 3. The van der Waals surface area contributed by atoms with Crippen molar-refractivity contribution in [1.82, 2.24) is 15.2 Å². The van der Waals surface area contributed by atoms with Gasteiger partial charge in [0.1, 0.15) is 16.5 Å². The van der Waals surface area contributed by atoms with Gasteiger partial charge in [0.25, 0.3) is 0 Å². The molecular weight excluding hydrogens is 421 g/mol. The summed E-state index contributed by atoms with van der Waals surface area (Å²) < 4.78 is 13.2. The maximum atomic E-state index is 13.2. The van der Waals surface area contributed by atoms with Crippen LogP contribution >= 0.6 is 11.3 Å². The van der Waals surface area contributed by atoms with E-state index in [1.54, 1.807) is 11.3 Å². The molecule has 1 aromatic heterocycles. The number of anilines is 2. The summed E-state index contributed by atoms with van der Waals surface area (Å²) in [6.45, 7) is 7.02. The average Bonchev–Trinajstić information content (AvgIpc) is 3.15. The lowest BCUT2D eigenvalue weighted by Gasteiger charge is -2.35. The van der Waals surface area contributed by atoms with Crippen molar-refractivity contribution in [3.8, 4) is 0 Å². The highest BCUT2D eigenvalue weighted by Crippen LogP contribution is 2.39. The Morgan fingerprint density at radius 3 is 2.81 bits per heavy atom. The lowest BCUT2D eigenvalue weighted by Crippen LogP contribution is -2.53. The zero-order valence-corrected chi connectivity index (χ0v) is 19.3. The highest BCUT2D eigenvalue weighted by molar-refractivity contribution is 7.16. The Labute approximate surface area is 193 Å². The van der Waals surface area contributed by atoms with Gasteiger partial charge in [-0.05, 0) is 42.7 Å². The Hall–Kier alpha value is -2.77. The van der Waals surface area contributed by atoms with Crippen LogP contribution < -0.4 is 10.6 Å². The third kappa shape index (κ3) is 4.40. The lowest BCUT2D eigenvalue weighted by molar-refractivity contribution is 0.282. The largest absolute Gasteiger partial charge is 0.352 e. The van der Waals surface area contributed by atoms with Gasteiger partial charge in [0.15, 0.2) is 5.84 Å². The molecule has 2 aromatic carbocycles. The number of fused-ring (bicyclic) bond motifs is 2. The summed E-state index contributed by atoms with van der Waals surface area (Å²) in [6, 6.07) is 15.4. The van der Waals surface area contributed by atoms with Crippen molar-refractivity contribution in [3.63, 3.8) is 0 Å². The van der Waals surface area contributed by atoms with Gasteiger partial charge in [-0.1, -0.05) is 38.1 Å². The number of para-hydroxylation sites is 2. The fourth-order valence-electron chi connectivity index (χ4n) is 4.21. The van der Waals surface area contributed by atoms with Crippen molar-refractivity contribution >= 4 is 33.5 Å². The molecule has 2 N–H and O–H groups in total. The predicted molar refractivity (Wildman–Crippen MR) is 132 cm³/mol. The molecule has 168 valence electrons. The molecule has 5 nitrogen and oxygen atoms in total. The molecule has 1 saturated heterocycles. The van der Waals surface area contributed by atoms with Gasteiger partial charge in [-0.2, -0.15) is 0 Å². The van der Waals surface area contributed by atoms with E-state index in [9.17, 15) is 4.39 Å². The second-order valence-electron chi connectivity index (χ2n) is 8.72. The zero-order chi connectivity index (χ0) is 22.1. The fraction of sp³-hybridized carbons (Fsp3) is 0.360.